The summed E-state index contributed by atoms with van der Waals surface area (Å²) in [6, 6.07) is 16.6. The van der Waals surface area contributed by atoms with Crippen LogP contribution < -0.4 is 4.74 Å². The molecule has 0 radical (unpaired) electrons. The number of benzene rings is 3. The van der Waals surface area contributed by atoms with E-state index in [2.05, 4.69) is 15.9 Å². The van der Waals surface area contributed by atoms with Crippen LogP contribution >= 0.6 is 27.3 Å². The van der Waals surface area contributed by atoms with E-state index in [0.717, 1.165) is 21.7 Å². The lowest BCUT2D eigenvalue weighted by atomic mass is 9.97. The molecule has 4 aromatic rings. The molecule has 0 aliphatic carbocycles. The maximum Gasteiger partial charge on any atom is 0.195 e. The number of alkyl halides is 1. The number of carbonyl (C=O) groups is 1. The van der Waals surface area contributed by atoms with Crippen LogP contribution in [0, 0.1) is 18.6 Å². The zero-order chi connectivity index (χ0) is 21.3. The maximum atomic E-state index is 14.6. The molecular formula is C24H17BrF2O2S. The van der Waals surface area contributed by atoms with Crippen LogP contribution in [0.5, 0.6) is 5.75 Å². The van der Waals surface area contributed by atoms with Gasteiger partial charge in [0.2, 0.25) is 0 Å². The van der Waals surface area contributed by atoms with Crippen LogP contribution in [0.3, 0.4) is 0 Å². The van der Waals surface area contributed by atoms with Crippen molar-refractivity contribution in [1.82, 2.24) is 0 Å². The molecule has 0 spiro atoms. The Morgan fingerprint density at radius 2 is 1.83 bits per heavy atom. The van der Waals surface area contributed by atoms with Crippen molar-refractivity contribution in [2.45, 2.75) is 6.92 Å². The second kappa shape index (κ2) is 8.66. The number of fused-ring (bicyclic) bond motifs is 1. The number of rotatable bonds is 6. The van der Waals surface area contributed by atoms with E-state index in [0.29, 0.717) is 33.7 Å². The summed E-state index contributed by atoms with van der Waals surface area (Å²) in [5.74, 6) is -1.47. The first-order valence-electron chi connectivity index (χ1n) is 9.30. The zero-order valence-corrected chi connectivity index (χ0v) is 18.4. The molecule has 0 saturated carbocycles. The Morgan fingerprint density at radius 3 is 2.57 bits per heavy atom. The highest BCUT2D eigenvalue weighted by Crippen LogP contribution is 2.41. The summed E-state index contributed by atoms with van der Waals surface area (Å²) in [4.78, 5) is 13.9. The third kappa shape index (κ3) is 3.89. The minimum absolute atomic E-state index is 0.0921. The van der Waals surface area contributed by atoms with Gasteiger partial charge in [-0.15, -0.1) is 11.3 Å². The first-order chi connectivity index (χ1) is 14.5. The Hall–Kier alpha value is -2.57. The standard InChI is InChI=1S/C24H17BrF2O2S/c1-14-5-10-17-20(13-14)30-24(18-3-2-4-19(26)22(18)27)21(17)23(28)15-6-8-16(9-7-15)29-12-11-25/h2-10,13H,11-12H2,1H3. The highest BCUT2D eigenvalue weighted by molar-refractivity contribution is 9.09. The van der Waals surface area contributed by atoms with E-state index in [-0.39, 0.29) is 11.3 Å². The number of aryl methyl sites for hydroxylation is 1. The van der Waals surface area contributed by atoms with E-state index in [1.807, 2.05) is 25.1 Å². The van der Waals surface area contributed by atoms with Gasteiger partial charge in [0.1, 0.15) is 5.75 Å². The van der Waals surface area contributed by atoms with Crippen LogP contribution in [-0.2, 0) is 0 Å². The fourth-order valence-corrected chi connectivity index (χ4v) is 4.78. The number of thiophene rings is 1. The van der Waals surface area contributed by atoms with E-state index in [1.165, 1.54) is 23.5 Å². The van der Waals surface area contributed by atoms with Crippen LogP contribution in [0.1, 0.15) is 21.5 Å². The van der Waals surface area contributed by atoms with Crippen molar-refractivity contribution in [1.29, 1.82) is 0 Å². The van der Waals surface area contributed by atoms with Crippen molar-refractivity contribution < 1.29 is 18.3 Å². The number of hydrogen-bond acceptors (Lipinski definition) is 3. The molecule has 2 nitrogen and oxygen atoms in total. The van der Waals surface area contributed by atoms with Crippen molar-refractivity contribution >= 4 is 43.1 Å². The molecule has 0 aliphatic rings. The Balaban J connectivity index is 1.86. The molecule has 6 heteroatoms. The Kier molecular flexibility index (Phi) is 5.97. The molecule has 30 heavy (non-hydrogen) atoms. The van der Waals surface area contributed by atoms with Crippen LogP contribution in [0.25, 0.3) is 20.5 Å². The van der Waals surface area contributed by atoms with Gasteiger partial charge in [-0.25, -0.2) is 8.78 Å². The molecule has 0 saturated heterocycles. The fourth-order valence-electron chi connectivity index (χ4n) is 3.30. The largest absolute Gasteiger partial charge is 0.493 e. The van der Waals surface area contributed by atoms with Gasteiger partial charge < -0.3 is 4.74 Å². The molecule has 0 N–H and O–H groups in total. The second-order valence-electron chi connectivity index (χ2n) is 6.80. The number of halogens is 3. The third-order valence-electron chi connectivity index (χ3n) is 4.73. The van der Waals surface area contributed by atoms with E-state index < -0.39 is 11.6 Å². The first kappa shape index (κ1) is 20.7. The molecule has 0 aliphatic heterocycles. The normalized spacial score (nSPS) is 11.1. The summed E-state index contributed by atoms with van der Waals surface area (Å²) < 4.78 is 34.9. The zero-order valence-electron chi connectivity index (χ0n) is 16.0. The summed E-state index contributed by atoms with van der Waals surface area (Å²) in [6.07, 6.45) is 0. The van der Waals surface area contributed by atoms with Gasteiger partial charge in [-0.1, -0.05) is 40.2 Å². The smallest absolute Gasteiger partial charge is 0.195 e. The molecule has 0 bridgehead atoms. The highest BCUT2D eigenvalue weighted by Gasteiger charge is 2.24. The Bertz CT molecular complexity index is 1230. The quantitative estimate of drug-likeness (QED) is 0.213. The van der Waals surface area contributed by atoms with E-state index >= 15 is 0 Å². The average molecular weight is 487 g/mol. The van der Waals surface area contributed by atoms with Crippen LogP contribution in [0.15, 0.2) is 60.7 Å². The van der Waals surface area contributed by atoms with Gasteiger partial charge in [0, 0.05) is 37.0 Å². The predicted octanol–water partition coefficient (Wildman–Crippen LogP) is 7.16. The van der Waals surface area contributed by atoms with E-state index in [9.17, 15) is 13.6 Å². The first-order valence-corrected chi connectivity index (χ1v) is 11.2. The summed E-state index contributed by atoms with van der Waals surface area (Å²) in [7, 11) is 0. The highest BCUT2D eigenvalue weighted by atomic mass is 79.9. The van der Waals surface area contributed by atoms with Crippen LogP contribution in [-0.4, -0.2) is 17.7 Å². The second-order valence-corrected chi connectivity index (χ2v) is 8.64. The van der Waals surface area contributed by atoms with Crippen molar-refractivity contribution in [3.8, 4) is 16.2 Å². The number of carbonyl (C=O) groups excluding carboxylic acids is 1. The van der Waals surface area contributed by atoms with Gasteiger partial charge >= 0.3 is 0 Å². The topological polar surface area (TPSA) is 26.3 Å². The van der Waals surface area contributed by atoms with Gasteiger partial charge in [0.15, 0.2) is 17.4 Å². The summed E-state index contributed by atoms with van der Waals surface area (Å²) in [5.41, 5.74) is 1.96. The Morgan fingerprint density at radius 1 is 1.07 bits per heavy atom. The lowest BCUT2D eigenvalue weighted by Gasteiger charge is -2.08. The lowest BCUT2D eigenvalue weighted by molar-refractivity contribution is 0.104. The minimum atomic E-state index is -0.951. The molecule has 1 heterocycles. The molecular weight excluding hydrogens is 470 g/mol. The summed E-state index contributed by atoms with van der Waals surface area (Å²) >= 11 is 4.60. The van der Waals surface area contributed by atoms with Crippen molar-refractivity contribution in [2.75, 3.05) is 11.9 Å². The maximum absolute atomic E-state index is 14.6. The van der Waals surface area contributed by atoms with Gasteiger partial charge in [-0.3, -0.25) is 4.79 Å². The third-order valence-corrected chi connectivity index (χ3v) is 6.24. The van der Waals surface area contributed by atoms with Gasteiger partial charge in [-0.05, 0) is 48.9 Å². The van der Waals surface area contributed by atoms with Crippen molar-refractivity contribution in [3.63, 3.8) is 0 Å². The molecule has 4 rings (SSSR count). The summed E-state index contributed by atoms with van der Waals surface area (Å²) in [6.45, 7) is 2.47. The van der Waals surface area contributed by atoms with E-state index in [1.54, 1.807) is 24.3 Å². The minimum Gasteiger partial charge on any atom is -0.493 e. The van der Waals surface area contributed by atoms with Gasteiger partial charge in [0.25, 0.3) is 0 Å². The molecule has 0 unspecified atom stereocenters. The Labute approximate surface area is 185 Å². The van der Waals surface area contributed by atoms with Crippen molar-refractivity contribution in [2.24, 2.45) is 0 Å². The molecule has 3 aromatic carbocycles. The van der Waals surface area contributed by atoms with Gasteiger partial charge in [0.05, 0.1) is 6.61 Å². The fraction of sp³-hybridized carbons (Fsp3) is 0.125. The molecule has 0 atom stereocenters. The number of ether oxygens (including phenoxy) is 1. The molecule has 0 amide bonds. The molecule has 152 valence electrons. The van der Waals surface area contributed by atoms with Gasteiger partial charge in [-0.2, -0.15) is 0 Å². The molecule has 1 aromatic heterocycles. The lowest BCUT2D eigenvalue weighted by Crippen LogP contribution is -2.04. The summed E-state index contributed by atoms with van der Waals surface area (Å²) in [5, 5.41) is 1.44. The molecule has 0 fully saturated rings. The monoisotopic (exact) mass is 486 g/mol. The van der Waals surface area contributed by atoms with Crippen molar-refractivity contribution in [3.05, 3.63) is 89.0 Å². The SMILES string of the molecule is Cc1ccc2c(C(=O)c3ccc(OCCBr)cc3)c(-c3cccc(F)c3F)sc2c1. The predicted molar refractivity (Wildman–Crippen MR) is 121 cm³/mol. The number of ketones is 1. The van der Waals surface area contributed by atoms with Crippen LogP contribution in [0.2, 0.25) is 0 Å². The van der Waals surface area contributed by atoms with Crippen LogP contribution in [0.4, 0.5) is 8.78 Å². The average Bonchev–Trinajstić information content (AvgIpc) is 3.12. The number of hydrogen-bond donors (Lipinski definition) is 0. The van der Waals surface area contributed by atoms with E-state index in [4.69, 9.17) is 4.74 Å².